The summed E-state index contributed by atoms with van der Waals surface area (Å²) in [6.07, 6.45) is 1.80. The van der Waals surface area contributed by atoms with Crippen LogP contribution in [0.3, 0.4) is 0 Å². The smallest absolute Gasteiger partial charge is 0.274 e. The summed E-state index contributed by atoms with van der Waals surface area (Å²) in [6, 6.07) is 3.20. The van der Waals surface area contributed by atoms with E-state index in [0.29, 0.717) is 18.1 Å². The maximum Gasteiger partial charge on any atom is 0.274 e. The molecule has 0 unspecified atom stereocenters. The Morgan fingerprint density at radius 2 is 1.48 bits per heavy atom. The number of carbonyl (C=O) groups excluding carboxylic acids is 1. The second-order valence-corrected chi connectivity index (χ2v) is 6.86. The molecule has 1 aromatic heterocycles. The molecule has 1 heterocycles. The Morgan fingerprint density at radius 3 is 1.96 bits per heavy atom. The van der Waals surface area contributed by atoms with Crippen molar-refractivity contribution in [1.29, 1.82) is 0 Å². The van der Waals surface area contributed by atoms with E-state index in [9.17, 15) is 4.79 Å². The van der Waals surface area contributed by atoms with E-state index in [4.69, 9.17) is 23.2 Å². The van der Waals surface area contributed by atoms with Crippen molar-refractivity contribution in [2.45, 2.75) is 12.8 Å². The molecule has 0 bridgehead atoms. The minimum atomic E-state index is -0.157. The minimum absolute atomic E-state index is 0.157. The lowest BCUT2D eigenvalue weighted by atomic mass is 10.2. The number of aromatic nitrogens is 1. The molecule has 0 spiro atoms. The van der Waals surface area contributed by atoms with Crippen LogP contribution < -0.4 is 0 Å². The number of amides is 1. The number of carbonyl (C=O) groups is 1. The highest BCUT2D eigenvalue weighted by molar-refractivity contribution is 6.34. The first-order chi connectivity index (χ1) is 10.8. The number of rotatable bonds is 9. The molecule has 0 saturated carbocycles. The summed E-state index contributed by atoms with van der Waals surface area (Å²) < 4.78 is 0. The van der Waals surface area contributed by atoms with E-state index >= 15 is 0 Å². The van der Waals surface area contributed by atoms with E-state index in [1.54, 1.807) is 12.1 Å². The van der Waals surface area contributed by atoms with Gasteiger partial charge in [0.1, 0.15) is 10.8 Å². The summed E-state index contributed by atoms with van der Waals surface area (Å²) in [5.41, 5.74) is 0.230. The molecule has 0 aliphatic rings. The van der Waals surface area contributed by atoms with Crippen LogP contribution >= 0.6 is 23.2 Å². The van der Waals surface area contributed by atoms with Gasteiger partial charge in [-0.25, -0.2) is 4.98 Å². The SMILES string of the molecule is CN(C)CCCN(CCCN(C)C)C(=O)c1nc(Cl)ccc1Cl. The molecule has 7 heteroatoms. The zero-order valence-electron chi connectivity index (χ0n) is 14.4. The largest absolute Gasteiger partial charge is 0.337 e. The monoisotopic (exact) mass is 360 g/mol. The predicted molar refractivity (Wildman–Crippen MR) is 96.5 cm³/mol. The molecular formula is C16H26Cl2N4O. The Bertz CT molecular complexity index is 495. The molecule has 130 valence electrons. The number of pyridine rings is 1. The van der Waals surface area contributed by atoms with Crippen molar-refractivity contribution >= 4 is 29.1 Å². The summed E-state index contributed by atoms with van der Waals surface area (Å²) in [5.74, 6) is -0.157. The molecule has 0 atom stereocenters. The molecular weight excluding hydrogens is 335 g/mol. The second kappa shape index (κ2) is 10.1. The van der Waals surface area contributed by atoms with Gasteiger partial charge >= 0.3 is 0 Å². The van der Waals surface area contributed by atoms with Crippen LogP contribution in [0.1, 0.15) is 23.3 Å². The Kier molecular flexibility index (Phi) is 8.84. The van der Waals surface area contributed by atoms with E-state index in [0.717, 1.165) is 25.9 Å². The molecule has 1 amide bonds. The van der Waals surface area contributed by atoms with Crippen molar-refractivity contribution in [1.82, 2.24) is 19.7 Å². The second-order valence-electron chi connectivity index (χ2n) is 6.07. The predicted octanol–water partition coefficient (Wildman–Crippen LogP) is 2.73. The third-order valence-corrected chi connectivity index (χ3v) is 3.88. The topological polar surface area (TPSA) is 39.7 Å². The van der Waals surface area contributed by atoms with Gasteiger partial charge in [0, 0.05) is 13.1 Å². The summed E-state index contributed by atoms with van der Waals surface area (Å²) in [6.45, 7) is 3.20. The maximum atomic E-state index is 12.8. The lowest BCUT2D eigenvalue weighted by molar-refractivity contribution is 0.0739. The summed E-state index contributed by atoms with van der Waals surface area (Å²) >= 11 is 12.0. The summed E-state index contributed by atoms with van der Waals surface area (Å²) in [5, 5.41) is 0.615. The van der Waals surface area contributed by atoms with Crippen LogP contribution in [-0.2, 0) is 0 Å². The molecule has 0 radical (unpaired) electrons. The Morgan fingerprint density at radius 1 is 0.957 bits per heavy atom. The standard InChI is InChI=1S/C16H26Cl2N4O/c1-20(2)9-5-11-22(12-6-10-21(3)4)16(23)15-13(17)7-8-14(18)19-15/h7-8H,5-6,9-12H2,1-4H3. The van der Waals surface area contributed by atoms with Gasteiger partial charge in [-0.3, -0.25) is 4.79 Å². The van der Waals surface area contributed by atoms with Crippen LogP contribution in [0.5, 0.6) is 0 Å². The van der Waals surface area contributed by atoms with E-state index in [1.165, 1.54) is 0 Å². The van der Waals surface area contributed by atoms with Crippen LogP contribution in [0.25, 0.3) is 0 Å². The van der Waals surface area contributed by atoms with Crippen molar-refractivity contribution in [3.63, 3.8) is 0 Å². The fourth-order valence-corrected chi connectivity index (χ4v) is 2.52. The van der Waals surface area contributed by atoms with Crippen LogP contribution in [0.2, 0.25) is 10.2 Å². The maximum absolute atomic E-state index is 12.8. The van der Waals surface area contributed by atoms with Crippen molar-refractivity contribution in [2.24, 2.45) is 0 Å². The van der Waals surface area contributed by atoms with Crippen molar-refractivity contribution in [3.05, 3.63) is 28.0 Å². The van der Waals surface area contributed by atoms with Crippen molar-refractivity contribution < 1.29 is 4.79 Å². The number of hydrogen-bond acceptors (Lipinski definition) is 4. The molecule has 0 aromatic carbocycles. The fraction of sp³-hybridized carbons (Fsp3) is 0.625. The summed E-state index contributed by atoms with van der Waals surface area (Å²) in [7, 11) is 8.09. The molecule has 0 N–H and O–H groups in total. The Labute approximate surface area is 149 Å². The average Bonchev–Trinajstić information content (AvgIpc) is 2.47. The highest BCUT2D eigenvalue weighted by Gasteiger charge is 2.20. The van der Waals surface area contributed by atoms with Crippen LogP contribution in [-0.4, -0.2) is 80.0 Å². The molecule has 1 aromatic rings. The van der Waals surface area contributed by atoms with Gasteiger partial charge in [-0.2, -0.15) is 0 Å². The molecule has 1 rings (SSSR count). The van der Waals surface area contributed by atoms with Gasteiger partial charge in [0.15, 0.2) is 0 Å². The van der Waals surface area contributed by atoms with Crippen LogP contribution in [0, 0.1) is 0 Å². The van der Waals surface area contributed by atoms with Gasteiger partial charge in [0.25, 0.3) is 5.91 Å². The van der Waals surface area contributed by atoms with Crippen molar-refractivity contribution in [3.8, 4) is 0 Å². The highest BCUT2D eigenvalue weighted by atomic mass is 35.5. The van der Waals surface area contributed by atoms with Gasteiger partial charge in [0.05, 0.1) is 5.02 Å². The normalized spacial score (nSPS) is 11.3. The zero-order valence-corrected chi connectivity index (χ0v) is 15.9. The molecule has 0 aliphatic carbocycles. The zero-order chi connectivity index (χ0) is 17.4. The Balaban J connectivity index is 2.79. The Hall–Kier alpha value is -0.880. The number of nitrogens with zero attached hydrogens (tertiary/aromatic N) is 4. The highest BCUT2D eigenvalue weighted by Crippen LogP contribution is 2.19. The first kappa shape index (κ1) is 20.2. The van der Waals surface area contributed by atoms with Gasteiger partial charge in [-0.05, 0) is 66.3 Å². The van der Waals surface area contributed by atoms with Crippen LogP contribution in [0.4, 0.5) is 0 Å². The third kappa shape index (κ3) is 7.48. The lowest BCUT2D eigenvalue weighted by Gasteiger charge is -2.24. The first-order valence-electron chi connectivity index (χ1n) is 7.72. The molecule has 5 nitrogen and oxygen atoms in total. The molecule has 0 fully saturated rings. The number of halogens is 2. The van der Waals surface area contributed by atoms with E-state index in [-0.39, 0.29) is 16.8 Å². The van der Waals surface area contributed by atoms with E-state index in [2.05, 4.69) is 14.8 Å². The number of hydrogen-bond donors (Lipinski definition) is 0. The fourth-order valence-electron chi connectivity index (χ4n) is 2.19. The third-order valence-electron chi connectivity index (χ3n) is 3.37. The molecule has 23 heavy (non-hydrogen) atoms. The van der Waals surface area contributed by atoms with Gasteiger partial charge < -0.3 is 14.7 Å². The van der Waals surface area contributed by atoms with Crippen molar-refractivity contribution in [2.75, 3.05) is 54.4 Å². The van der Waals surface area contributed by atoms with E-state index < -0.39 is 0 Å². The quantitative estimate of drug-likeness (QED) is 0.634. The average molecular weight is 361 g/mol. The van der Waals surface area contributed by atoms with E-state index in [1.807, 2.05) is 33.1 Å². The van der Waals surface area contributed by atoms with Crippen LogP contribution in [0.15, 0.2) is 12.1 Å². The van der Waals surface area contributed by atoms with Gasteiger partial charge in [-0.1, -0.05) is 23.2 Å². The minimum Gasteiger partial charge on any atom is -0.337 e. The first-order valence-corrected chi connectivity index (χ1v) is 8.47. The summed E-state index contributed by atoms with van der Waals surface area (Å²) in [4.78, 5) is 22.9. The van der Waals surface area contributed by atoms with Gasteiger partial charge in [0.2, 0.25) is 0 Å². The molecule has 0 saturated heterocycles. The van der Waals surface area contributed by atoms with Gasteiger partial charge in [-0.15, -0.1) is 0 Å². The lowest BCUT2D eigenvalue weighted by Crippen LogP contribution is -2.36. The molecule has 0 aliphatic heterocycles.